The molecule has 4 nitrogen and oxygen atoms in total. The Kier molecular flexibility index (Phi) is 9.76. The smallest absolute Gasteiger partial charge is 0.191 e. The predicted molar refractivity (Wildman–Crippen MR) is 97.9 cm³/mol. The Morgan fingerprint density at radius 1 is 1.23 bits per heavy atom. The summed E-state index contributed by atoms with van der Waals surface area (Å²) in [6.07, 6.45) is 6.81. The van der Waals surface area contributed by atoms with Gasteiger partial charge in [-0.15, -0.1) is 0 Å². The van der Waals surface area contributed by atoms with E-state index in [9.17, 15) is 4.21 Å². The molecule has 3 atom stereocenters. The van der Waals surface area contributed by atoms with Gasteiger partial charge in [0.1, 0.15) is 0 Å². The van der Waals surface area contributed by atoms with Crippen molar-refractivity contribution in [3.05, 3.63) is 0 Å². The van der Waals surface area contributed by atoms with Gasteiger partial charge in [0, 0.05) is 40.9 Å². The maximum absolute atomic E-state index is 12.1. The van der Waals surface area contributed by atoms with Crippen LogP contribution in [0.15, 0.2) is 4.99 Å². The molecule has 5 heteroatoms. The molecule has 2 N–H and O–H groups in total. The quantitative estimate of drug-likeness (QED) is 0.531. The Morgan fingerprint density at radius 2 is 1.95 bits per heavy atom. The van der Waals surface area contributed by atoms with E-state index in [-0.39, 0.29) is 0 Å². The van der Waals surface area contributed by atoms with Gasteiger partial charge in [0.2, 0.25) is 0 Å². The van der Waals surface area contributed by atoms with E-state index < -0.39 is 10.8 Å². The first-order chi connectivity index (χ1) is 10.6. The Bertz CT molecular complexity index is 356. The number of rotatable bonds is 8. The Balaban J connectivity index is 2.57. The number of hydrogen-bond acceptors (Lipinski definition) is 2. The van der Waals surface area contributed by atoms with Crippen LogP contribution in [0.5, 0.6) is 0 Å². The van der Waals surface area contributed by atoms with Crippen molar-refractivity contribution in [2.75, 3.05) is 18.8 Å². The molecule has 1 saturated carbocycles. The molecule has 130 valence electrons. The first-order valence-corrected chi connectivity index (χ1v) is 10.4. The fourth-order valence-corrected chi connectivity index (χ4v) is 4.38. The second-order valence-electron chi connectivity index (χ2n) is 6.20. The highest BCUT2D eigenvalue weighted by Crippen LogP contribution is 2.23. The molecule has 0 heterocycles. The van der Waals surface area contributed by atoms with Crippen LogP contribution in [-0.4, -0.2) is 40.3 Å². The summed E-state index contributed by atoms with van der Waals surface area (Å²) >= 11 is 0. The molecule has 1 aliphatic carbocycles. The highest BCUT2D eigenvalue weighted by atomic mass is 32.2. The SMILES string of the molecule is CCNC(=NCC(CC)CC)NC1CCCC(S(=O)CC)C1. The van der Waals surface area contributed by atoms with Crippen molar-refractivity contribution in [3.8, 4) is 0 Å². The second kappa shape index (κ2) is 11.0. The predicted octanol–water partition coefficient (Wildman–Crippen LogP) is 3.06. The molecule has 0 saturated heterocycles. The zero-order valence-corrected chi connectivity index (χ0v) is 15.7. The van der Waals surface area contributed by atoms with Crippen molar-refractivity contribution >= 4 is 16.8 Å². The van der Waals surface area contributed by atoms with E-state index in [0.717, 1.165) is 44.1 Å². The lowest BCUT2D eigenvalue weighted by Gasteiger charge is -2.30. The molecule has 0 aromatic carbocycles. The average Bonchev–Trinajstić information content (AvgIpc) is 2.55. The van der Waals surface area contributed by atoms with Crippen LogP contribution in [0.4, 0.5) is 0 Å². The number of nitrogens with zero attached hydrogens (tertiary/aromatic N) is 1. The standard InChI is InChI=1S/C17H35N3OS/c1-5-14(6-2)13-19-17(18-7-3)20-15-10-9-11-16(12-15)22(21)8-4/h14-16H,5-13H2,1-4H3,(H2,18,19,20). The second-order valence-corrected chi connectivity index (χ2v) is 8.21. The summed E-state index contributed by atoms with van der Waals surface area (Å²) in [6.45, 7) is 10.4. The Labute approximate surface area is 139 Å². The minimum atomic E-state index is -0.667. The number of hydrogen-bond donors (Lipinski definition) is 2. The first-order valence-electron chi connectivity index (χ1n) is 9.06. The summed E-state index contributed by atoms with van der Waals surface area (Å²) in [5, 5.41) is 7.29. The molecule has 3 unspecified atom stereocenters. The fraction of sp³-hybridized carbons (Fsp3) is 0.941. The molecule has 1 aliphatic rings. The van der Waals surface area contributed by atoms with Gasteiger partial charge in [-0.05, 0) is 32.1 Å². The summed E-state index contributed by atoms with van der Waals surface area (Å²) in [6, 6.07) is 0.411. The summed E-state index contributed by atoms with van der Waals surface area (Å²) < 4.78 is 12.1. The molecule has 0 amide bonds. The lowest BCUT2D eigenvalue weighted by Crippen LogP contribution is -2.46. The van der Waals surface area contributed by atoms with E-state index in [1.165, 1.54) is 19.3 Å². The van der Waals surface area contributed by atoms with Crippen LogP contribution >= 0.6 is 0 Å². The topological polar surface area (TPSA) is 53.5 Å². The molecule has 0 radical (unpaired) electrons. The van der Waals surface area contributed by atoms with Crippen LogP contribution in [0.25, 0.3) is 0 Å². The van der Waals surface area contributed by atoms with Gasteiger partial charge in [-0.1, -0.05) is 40.0 Å². The van der Waals surface area contributed by atoms with Crippen molar-refractivity contribution in [1.82, 2.24) is 10.6 Å². The van der Waals surface area contributed by atoms with Gasteiger partial charge < -0.3 is 10.6 Å². The van der Waals surface area contributed by atoms with Crippen LogP contribution in [0.1, 0.15) is 66.2 Å². The first kappa shape index (κ1) is 19.5. The summed E-state index contributed by atoms with van der Waals surface area (Å²) in [4.78, 5) is 4.76. The van der Waals surface area contributed by atoms with Crippen LogP contribution in [-0.2, 0) is 10.8 Å². The molecule has 0 aliphatic heterocycles. The van der Waals surface area contributed by atoms with Crippen molar-refractivity contribution in [3.63, 3.8) is 0 Å². The third-order valence-corrected chi connectivity index (χ3v) is 6.37. The minimum Gasteiger partial charge on any atom is -0.357 e. The van der Waals surface area contributed by atoms with Gasteiger partial charge in [0.15, 0.2) is 5.96 Å². The maximum Gasteiger partial charge on any atom is 0.191 e. The van der Waals surface area contributed by atoms with Gasteiger partial charge >= 0.3 is 0 Å². The Morgan fingerprint density at radius 3 is 2.55 bits per heavy atom. The van der Waals surface area contributed by atoms with Crippen LogP contribution in [0, 0.1) is 5.92 Å². The monoisotopic (exact) mass is 329 g/mol. The van der Waals surface area contributed by atoms with Crippen LogP contribution in [0.2, 0.25) is 0 Å². The summed E-state index contributed by atoms with van der Waals surface area (Å²) in [5.74, 6) is 2.38. The molecule has 0 spiro atoms. The van der Waals surface area contributed by atoms with Crippen LogP contribution < -0.4 is 10.6 Å². The lowest BCUT2D eigenvalue weighted by atomic mass is 9.95. The minimum absolute atomic E-state index is 0.359. The molecule has 0 aromatic rings. The zero-order valence-electron chi connectivity index (χ0n) is 14.9. The van der Waals surface area contributed by atoms with Gasteiger partial charge in [0.05, 0.1) is 0 Å². The Hall–Kier alpha value is -0.580. The van der Waals surface area contributed by atoms with Crippen molar-refractivity contribution in [2.24, 2.45) is 10.9 Å². The van der Waals surface area contributed by atoms with E-state index in [2.05, 4.69) is 31.4 Å². The molecule has 1 fully saturated rings. The number of guanidine groups is 1. The highest BCUT2D eigenvalue weighted by molar-refractivity contribution is 7.85. The van der Waals surface area contributed by atoms with Crippen molar-refractivity contribution in [1.29, 1.82) is 0 Å². The molecule has 22 heavy (non-hydrogen) atoms. The van der Waals surface area contributed by atoms with Crippen molar-refractivity contribution < 1.29 is 4.21 Å². The van der Waals surface area contributed by atoms with Gasteiger partial charge in [0.25, 0.3) is 0 Å². The summed E-state index contributed by atoms with van der Waals surface area (Å²) in [7, 11) is -0.667. The average molecular weight is 330 g/mol. The molecular formula is C17H35N3OS. The van der Waals surface area contributed by atoms with Gasteiger partial charge in [-0.3, -0.25) is 9.20 Å². The molecule has 0 bridgehead atoms. The molecule has 0 aromatic heterocycles. The largest absolute Gasteiger partial charge is 0.357 e. The molecular weight excluding hydrogens is 294 g/mol. The van der Waals surface area contributed by atoms with E-state index in [0.29, 0.717) is 17.2 Å². The number of aliphatic imine (C=N–C) groups is 1. The zero-order chi connectivity index (χ0) is 16.4. The number of nitrogens with one attached hydrogen (secondary N) is 2. The maximum atomic E-state index is 12.1. The third kappa shape index (κ3) is 6.67. The summed E-state index contributed by atoms with van der Waals surface area (Å²) in [5.41, 5.74) is 0. The fourth-order valence-electron chi connectivity index (χ4n) is 3.03. The van der Waals surface area contributed by atoms with Gasteiger partial charge in [-0.2, -0.15) is 0 Å². The van der Waals surface area contributed by atoms with E-state index in [4.69, 9.17) is 4.99 Å². The van der Waals surface area contributed by atoms with Crippen molar-refractivity contribution in [2.45, 2.75) is 77.5 Å². The van der Waals surface area contributed by atoms with Gasteiger partial charge in [-0.25, -0.2) is 0 Å². The van der Waals surface area contributed by atoms with Crippen LogP contribution in [0.3, 0.4) is 0 Å². The van der Waals surface area contributed by atoms with E-state index in [1.807, 2.05) is 6.92 Å². The molecule has 1 rings (SSSR count). The van der Waals surface area contributed by atoms with E-state index >= 15 is 0 Å². The van der Waals surface area contributed by atoms with E-state index in [1.54, 1.807) is 0 Å². The normalized spacial score (nSPS) is 24.3. The third-order valence-electron chi connectivity index (χ3n) is 4.63. The lowest BCUT2D eigenvalue weighted by molar-refractivity contribution is 0.412. The highest BCUT2D eigenvalue weighted by Gasteiger charge is 2.26.